The van der Waals surface area contributed by atoms with Gasteiger partial charge in [-0.2, -0.15) is 0 Å². The summed E-state index contributed by atoms with van der Waals surface area (Å²) in [6.45, 7) is 0.888. The number of fused-ring (bicyclic) bond motifs is 4. The Labute approximate surface area is 152 Å². The molecule has 1 saturated heterocycles. The molecule has 126 valence electrons. The Morgan fingerprint density at radius 2 is 2.42 bits per heavy atom. The molecule has 5 atom stereocenters. The molecule has 0 radical (unpaired) electrons. The molecular formula is C20H24N2OS. The predicted molar refractivity (Wildman–Crippen MR) is 100.0 cm³/mol. The molecule has 0 aromatic rings. The van der Waals surface area contributed by atoms with Gasteiger partial charge in [0.2, 0.25) is 0 Å². The number of hydrogen-bond donors (Lipinski definition) is 1. The van der Waals surface area contributed by atoms with Crippen molar-refractivity contribution in [3.05, 3.63) is 46.1 Å². The van der Waals surface area contributed by atoms with Gasteiger partial charge in [-0.3, -0.25) is 0 Å². The highest BCUT2D eigenvalue weighted by molar-refractivity contribution is 8.04. The third-order valence-electron chi connectivity index (χ3n) is 5.76. The molecule has 5 rings (SSSR count). The maximum atomic E-state index is 7.64. The molecule has 5 aliphatic rings. The summed E-state index contributed by atoms with van der Waals surface area (Å²) >= 11 is 1.94. The minimum absolute atomic E-state index is 0.163. The van der Waals surface area contributed by atoms with Gasteiger partial charge in [-0.05, 0) is 61.2 Å². The van der Waals surface area contributed by atoms with Crippen LogP contribution >= 0.6 is 11.8 Å². The van der Waals surface area contributed by atoms with Gasteiger partial charge < -0.3 is 10.1 Å². The van der Waals surface area contributed by atoms with Gasteiger partial charge in [0.25, 0.3) is 0 Å². The minimum Gasteiger partial charge on any atom is -0.472 e. The molecule has 0 amide bonds. The number of ether oxygens (including phenoxy) is 1. The summed E-state index contributed by atoms with van der Waals surface area (Å²) in [5.41, 5.74) is 2.97. The molecule has 3 unspecified atom stereocenters. The van der Waals surface area contributed by atoms with Crippen molar-refractivity contribution in [1.29, 1.82) is 0 Å². The number of rotatable bonds is 1. The number of aliphatic imine (C=N–C) groups is 1. The Hall–Kier alpha value is -1.26. The fourth-order valence-electron chi connectivity index (χ4n) is 4.75. The molecule has 0 spiro atoms. The molecule has 0 saturated carbocycles. The average molecular weight is 344 g/mol. The fourth-order valence-corrected chi connectivity index (χ4v) is 6.05. The molecule has 0 aromatic carbocycles. The van der Waals surface area contributed by atoms with Crippen LogP contribution in [0.4, 0.5) is 0 Å². The van der Waals surface area contributed by atoms with Gasteiger partial charge in [0, 0.05) is 34.2 Å². The van der Waals surface area contributed by atoms with Crippen molar-refractivity contribution in [2.24, 2.45) is 16.8 Å². The Kier molecular flexibility index (Phi) is 2.85. The molecule has 0 aromatic heterocycles. The largest absolute Gasteiger partial charge is 0.472 e. The predicted octanol–water partition coefficient (Wildman–Crippen LogP) is 3.96. The Morgan fingerprint density at radius 1 is 1.46 bits per heavy atom. The number of thioether (sulfide) groups is 1. The van der Waals surface area contributed by atoms with Crippen LogP contribution in [0.5, 0.6) is 0 Å². The Morgan fingerprint density at radius 3 is 3.33 bits per heavy atom. The van der Waals surface area contributed by atoms with Gasteiger partial charge in [-0.1, -0.05) is 12.2 Å². The van der Waals surface area contributed by atoms with Crippen molar-refractivity contribution in [3.8, 4) is 0 Å². The molecule has 4 heterocycles. The van der Waals surface area contributed by atoms with E-state index in [0.717, 1.165) is 31.6 Å². The third-order valence-corrected chi connectivity index (χ3v) is 7.05. The minimum atomic E-state index is -2.18. The first-order valence-corrected chi connectivity index (χ1v) is 9.74. The van der Waals surface area contributed by atoms with Crippen LogP contribution in [0.3, 0.4) is 0 Å². The van der Waals surface area contributed by atoms with Crippen LogP contribution < -0.4 is 5.32 Å². The van der Waals surface area contributed by atoms with E-state index in [1.807, 2.05) is 17.8 Å². The second kappa shape index (κ2) is 5.63. The van der Waals surface area contributed by atoms with Gasteiger partial charge >= 0.3 is 0 Å². The van der Waals surface area contributed by atoms with E-state index < -0.39 is 6.85 Å². The Bertz CT molecular complexity index is 824. The summed E-state index contributed by atoms with van der Waals surface area (Å²) in [5, 5.41) is 4.12. The van der Waals surface area contributed by atoms with Gasteiger partial charge in [0.15, 0.2) is 6.23 Å². The monoisotopic (exact) mass is 343 g/mol. The highest BCUT2D eigenvalue weighted by Gasteiger charge is 2.46. The van der Waals surface area contributed by atoms with Crippen LogP contribution in [0.1, 0.15) is 37.2 Å². The summed E-state index contributed by atoms with van der Waals surface area (Å²) < 4.78 is 29.3. The van der Waals surface area contributed by atoms with Crippen LogP contribution in [-0.4, -0.2) is 29.8 Å². The first-order valence-electron chi connectivity index (χ1n) is 10.4. The maximum Gasteiger partial charge on any atom is 0.196 e. The average Bonchev–Trinajstić information content (AvgIpc) is 3.19. The lowest BCUT2D eigenvalue weighted by atomic mass is 9.77. The van der Waals surface area contributed by atoms with Crippen LogP contribution in [0.15, 0.2) is 51.1 Å². The first kappa shape index (κ1) is 12.2. The lowest BCUT2D eigenvalue weighted by Crippen LogP contribution is -2.44. The standard InChI is InChI=1S/C20H24N2OS/c1-11-6-7-15-14-4-3-5-16(18(14)23-20(15)22-11)17-19-13(8-9-21-17)10-12(2)24-19/h6-8,10,14-15,17,19-21H,3-5,9H2,1-2H3/t14-,15?,17-,19?,20?/m0/s1/i1D3. The topological polar surface area (TPSA) is 33.6 Å². The van der Waals surface area contributed by atoms with E-state index in [1.165, 1.54) is 16.1 Å². The molecule has 1 aliphatic carbocycles. The van der Waals surface area contributed by atoms with E-state index in [0.29, 0.717) is 11.2 Å². The summed E-state index contributed by atoms with van der Waals surface area (Å²) in [6, 6.07) is 0.289. The zero-order chi connectivity index (χ0) is 18.8. The van der Waals surface area contributed by atoms with Crippen LogP contribution in [0, 0.1) is 11.8 Å². The van der Waals surface area contributed by atoms with E-state index in [-0.39, 0.29) is 23.9 Å². The maximum absolute atomic E-state index is 7.64. The summed E-state index contributed by atoms with van der Waals surface area (Å²) in [5.74, 6) is 1.57. The van der Waals surface area contributed by atoms with Crippen molar-refractivity contribution in [1.82, 2.24) is 5.32 Å². The van der Waals surface area contributed by atoms with E-state index in [4.69, 9.17) is 8.85 Å². The molecule has 4 aliphatic heterocycles. The van der Waals surface area contributed by atoms with E-state index in [2.05, 4.69) is 29.4 Å². The van der Waals surface area contributed by atoms with Crippen LogP contribution in [-0.2, 0) is 4.74 Å². The van der Waals surface area contributed by atoms with E-state index in [9.17, 15) is 0 Å². The van der Waals surface area contributed by atoms with Gasteiger partial charge in [-0.15, -0.1) is 11.8 Å². The second-order valence-electron chi connectivity index (χ2n) is 7.23. The summed E-state index contributed by atoms with van der Waals surface area (Å²) in [7, 11) is 0. The third kappa shape index (κ3) is 2.26. The van der Waals surface area contributed by atoms with Crippen molar-refractivity contribution >= 4 is 17.5 Å². The molecule has 1 fully saturated rings. The van der Waals surface area contributed by atoms with Crippen molar-refractivity contribution in [3.63, 3.8) is 0 Å². The number of nitrogens with zero attached hydrogens (tertiary/aromatic N) is 1. The second-order valence-corrected chi connectivity index (χ2v) is 8.62. The molecule has 4 heteroatoms. The number of nitrogens with one attached hydrogen (secondary N) is 1. The summed E-state index contributed by atoms with van der Waals surface area (Å²) in [6.07, 6.45) is 11.2. The molecule has 0 bridgehead atoms. The van der Waals surface area contributed by atoms with Crippen molar-refractivity contribution < 1.29 is 8.85 Å². The SMILES string of the molecule is [2H]C([2H])([2H])C1=NC2OC3=C([C@@H]4NCC=C5C=C(C)SC54)CCC[C@H]3C2C=C1. The molecule has 24 heavy (non-hydrogen) atoms. The number of allylic oxidation sites excluding steroid dienone is 4. The van der Waals surface area contributed by atoms with Crippen molar-refractivity contribution in [2.45, 2.75) is 50.6 Å². The summed E-state index contributed by atoms with van der Waals surface area (Å²) in [4.78, 5) is 5.83. The van der Waals surface area contributed by atoms with Crippen LogP contribution in [0.2, 0.25) is 0 Å². The van der Waals surface area contributed by atoms with Gasteiger partial charge in [0.05, 0.1) is 5.25 Å². The quantitative estimate of drug-likeness (QED) is 0.782. The number of dihydropyridines is 1. The normalized spacial score (nSPS) is 42.6. The zero-order valence-corrected chi connectivity index (χ0v) is 14.6. The van der Waals surface area contributed by atoms with E-state index in [1.54, 1.807) is 6.08 Å². The Balaban J connectivity index is 1.48. The smallest absolute Gasteiger partial charge is 0.196 e. The highest BCUT2D eigenvalue weighted by atomic mass is 32.2. The lowest BCUT2D eigenvalue weighted by Gasteiger charge is -2.35. The molecule has 1 N–H and O–H groups in total. The number of hydrogen-bond acceptors (Lipinski definition) is 4. The fraction of sp³-hybridized carbons (Fsp3) is 0.550. The molecule has 3 nitrogen and oxygen atoms in total. The molecular weight excluding hydrogens is 316 g/mol. The van der Waals surface area contributed by atoms with Crippen LogP contribution in [0.25, 0.3) is 0 Å². The van der Waals surface area contributed by atoms with Gasteiger partial charge in [0.1, 0.15) is 5.76 Å². The van der Waals surface area contributed by atoms with E-state index >= 15 is 0 Å². The zero-order valence-electron chi connectivity index (χ0n) is 16.8. The lowest BCUT2D eigenvalue weighted by molar-refractivity contribution is 0.146. The highest BCUT2D eigenvalue weighted by Crippen LogP contribution is 2.49. The first-order chi connectivity index (χ1) is 12.9. The van der Waals surface area contributed by atoms with Crippen molar-refractivity contribution in [2.75, 3.05) is 6.54 Å². The van der Waals surface area contributed by atoms with Gasteiger partial charge in [-0.25, -0.2) is 4.99 Å².